The molecule has 30 heavy (non-hydrogen) atoms. The minimum Gasteiger partial charge on any atom is -0.496 e. The van der Waals surface area contributed by atoms with E-state index in [0.29, 0.717) is 30.3 Å². The molecule has 162 valence electrons. The zero-order valence-corrected chi connectivity index (χ0v) is 18.1. The average Bonchev–Trinajstić information content (AvgIpc) is 3.32. The van der Waals surface area contributed by atoms with Crippen LogP contribution in [0, 0.1) is 0 Å². The smallest absolute Gasteiger partial charge is 0.255 e. The molecule has 2 aromatic carbocycles. The first-order valence-corrected chi connectivity index (χ1v) is 11.0. The summed E-state index contributed by atoms with van der Waals surface area (Å²) in [5, 5.41) is 2.80. The van der Waals surface area contributed by atoms with Crippen molar-refractivity contribution in [2.24, 2.45) is 0 Å². The summed E-state index contributed by atoms with van der Waals surface area (Å²) in [7, 11) is 0.893. The molecule has 1 amide bonds. The topological polar surface area (TPSA) is 94.2 Å². The van der Waals surface area contributed by atoms with Crippen LogP contribution in [0.15, 0.2) is 41.3 Å². The molecular formula is C21H26N2O6S. The van der Waals surface area contributed by atoms with Crippen molar-refractivity contribution in [1.82, 2.24) is 9.62 Å². The molecule has 1 aliphatic heterocycles. The highest BCUT2D eigenvalue weighted by Crippen LogP contribution is 2.28. The van der Waals surface area contributed by atoms with Crippen LogP contribution in [-0.2, 0) is 16.6 Å². The molecule has 0 bridgehead atoms. The van der Waals surface area contributed by atoms with Gasteiger partial charge in [-0.05, 0) is 48.7 Å². The van der Waals surface area contributed by atoms with E-state index < -0.39 is 15.9 Å². The minimum atomic E-state index is -3.64. The highest BCUT2D eigenvalue weighted by molar-refractivity contribution is 7.89. The number of nitrogens with one attached hydrogen (secondary N) is 1. The Bertz CT molecular complexity index is 1020. The van der Waals surface area contributed by atoms with Crippen LogP contribution in [0.25, 0.3) is 0 Å². The lowest BCUT2D eigenvalue weighted by molar-refractivity contribution is 0.0947. The second kappa shape index (κ2) is 9.36. The van der Waals surface area contributed by atoms with Crippen molar-refractivity contribution in [3.8, 4) is 17.2 Å². The van der Waals surface area contributed by atoms with E-state index in [1.807, 2.05) is 6.07 Å². The lowest BCUT2D eigenvalue weighted by Crippen LogP contribution is -2.28. The maximum Gasteiger partial charge on any atom is 0.255 e. The second-order valence-electron chi connectivity index (χ2n) is 6.85. The molecule has 0 spiro atoms. The fraction of sp³-hybridized carbons (Fsp3) is 0.381. The number of amides is 1. The first kappa shape index (κ1) is 21.9. The van der Waals surface area contributed by atoms with Crippen LogP contribution in [0.1, 0.15) is 28.8 Å². The zero-order valence-electron chi connectivity index (χ0n) is 17.3. The van der Waals surface area contributed by atoms with Gasteiger partial charge in [-0.3, -0.25) is 4.79 Å². The van der Waals surface area contributed by atoms with E-state index in [0.717, 1.165) is 18.4 Å². The SMILES string of the molecule is COc1ccc(CNC(=O)c2cc(S(=O)(=O)N3CCCC3)ccc2OC)cc1OC. The molecule has 0 radical (unpaired) electrons. The molecule has 0 aromatic heterocycles. The second-order valence-corrected chi connectivity index (χ2v) is 8.78. The summed E-state index contributed by atoms with van der Waals surface area (Å²) in [6.45, 7) is 1.22. The fourth-order valence-corrected chi connectivity index (χ4v) is 4.91. The van der Waals surface area contributed by atoms with Gasteiger partial charge in [-0.1, -0.05) is 6.07 Å². The fourth-order valence-electron chi connectivity index (χ4n) is 3.37. The van der Waals surface area contributed by atoms with Crippen molar-refractivity contribution in [3.63, 3.8) is 0 Å². The first-order chi connectivity index (χ1) is 14.4. The molecule has 1 aliphatic rings. The van der Waals surface area contributed by atoms with Gasteiger partial charge in [-0.25, -0.2) is 8.42 Å². The standard InChI is InChI=1S/C21H26N2O6S/c1-27-18-9-7-16(30(25,26)23-10-4-5-11-23)13-17(18)21(24)22-14-15-6-8-19(28-2)20(12-15)29-3/h6-9,12-13H,4-5,10-11,14H2,1-3H3,(H,22,24). The number of ether oxygens (including phenoxy) is 3. The monoisotopic (exact) mass is 434 g/mol. The van der Waals surface area contributed by atoms with E-state index in [1.165, 1.54) is 36.7 Å². The number of carbonyl (C=O) groups is 1. The van der Waals surface area contributed by atoms with Crippen molar-refractivity contribution in [3.05, 3.63) is 47.5 Å². The number of hydrogen-bond acceptors (Lipinski definition) is 6. The van der Waals surface area contributed by atoms with Gasteiger partial charge in [0.05, 0.1) is 31.8 Å². The number of hydrogen-bond donors (Lipinski definition) is 1. The van der Waals surface area contributed by atoms with Gasteiger partial charge in [0, 0.05) is 19.6 Å². The Morgan fingerprint density at radius 3 is 2.20 bits per heavy atom. The summed E-state index contributed by atoms with van der Waals surface area (Å²) in [5.41, 5.74) is 0.971. The van der Waals surface area contributed by atoms with E-state index in [9.17, 15) is 13.2 Å². The number of sulfonamides is 1. The largest absolute Gasteiger partial charge is 0.496 e. The summed E-state index contributed by atoms with van der Waals surface area (Å²) in [6, 6.07) is 9.68. The molecule has 1 heterocycles. The number of carbonyl (C=O) groups excluding carboxylic acids is 1. The maximum atomic E-state index is 12.8. The highest BCUT2D eigenvalue weighted by atomic mass is 32.2. The Morgan fingerprint density at radius 1 is 0.933 bits per heavy atom. The summed E-state index contributed by atoms with van der Waals surface area (Å²) < 4.78 is 42.9. The Morgan fingerprint density at radius 2 is 1.57 bits per heavy atom. The van der Waals surface area contributed by atoms with Crippen LogP contribution in [0.5, 0.6) is 17.2 Å². The van der Waals surface area contributed by atoms with Gasteiger partial charge in [0.25, 0.3) is 5.91 Å². The number of benzene rings is 2. The van der Waals surface area contributed by atoms with Crippen LogP contribution in [0.4, 0.5) is 0 Å². The van der Waals surface area contributed by atoms with Gasteiger partial charge >= 0.3 is 0 Å². The molecule has 0 unspecified atom stereocenters. The lowest BCUT2D eigenvalue weighted by atomic mass is 10.1. The predicted octanol–water partition coefficient (Wildman–Crippen LogP) is 2.43. The molecule has 3 rings (SSSR count). The number of methoxy groups -OCH3 is 3. The van der Waals surface area contributed by atoms with Crippen LogP contribution < -0.4 is 19.5 Å². The summed E-state index contributed by atoms with van der Waals surface area (Å²) in [6.07, 6.45) is 1.68. The number of nitrogens with zero attached hydrogens (tertiary/aromatic N) is 1. The Balaban J connectivity index is 1.81. The van der Waals surface area contributed by atoms with Gasteiger partial charge < -0.3 is 19.5 Å². The minimum absolute atomic E-state index is 0.0847. The van der Waals surface area contributed by atoms with Crippen molar-refractivity contribution in [1.29, 1.82) is 0 Å². The van der Waals surface area contributed by atoms with E-state index in [1.54, 1.807) is 19.2 Å². The maximum absolute atomic E-state index is 12.8. The van der Waals surface area contributed by atoms with Crippen molar-refractivity contribution in [2.75, 3.05) is 34.4 Å². The number of rotatable bonds is 8. The third kappa shape index (κ3) is 4.52. The quantitative estimate of drug-likeness (QED) is 0.686. The Labute approximate surface area is 176 Å². The third-order valence-corrected chi connectivity index (χ3v) is 6.91. The molecule has 0 aliphatic carbocycles. The van der Waals surface area contributed by atoms with Crippen LogP contribution >= 0.6 is 0 Å². The highest BCUT2D eigenvalue weighted by Gasteiger charge is 2.28. The van der Waals surface area contributed by atoms with Gasteiger partial charge in [0.15, 0.2) is 11.5 Å². The van der Waals surface area contributed by atoms with E-state index in [4.69, 9.17) is 14.2 Å². The molecule has 0 saturated carbocycles. The molecule has 0 atom stereocenters. The van der Waals surface area contributed by atoms with Crippen molar-refractivity contribution < 1.29 is 27.4 Å². The zero-order chi connectivity index (χ0) is 21.7. The van der Waals surface area contributed by atoms with Crippen LogP contribution in [0.2, 0.25) is 0 Å². The molecule has 1 N–H and O–H groups in total. The van der Waals surface area contributed by atoms with Gasteiger partial charge in [-0.2, -0.15) is 4.31 Å². The van der Waals surface area contributed by atoms with Gasteiger partial charge in [0.2, 0.25) is 10.0 Å². The summed E-state index contributed by atoms with van der Waals surface area (Å²) >= 11 is 0. The van der Waals surface area contributed by atoms with Crippen LogP contribution in [-0.4, -0.2) is 53.0 Å². The molecule has 2 aromatic rings. The summed E-state index contributed by atoms with van der Waals surface area (Å²) in [4.78, 5) is 12.9. The lowest BCUT2D eigenvalue weighted by Gasteiger charge is -2.17. The first-order valence-electron chi connectivity index (χ1n) is 9.58. The molecule has 1 saturated heterocycles. The third-order valence-electron chi connectivity index (χ3n) is 5.02. The molecular weight excluding hydrogens is 408 g/mol. The predicted molar refractivity (Wildman–Crippen MR) is 112 cm³/mol. The molecule has 1 fully saturated rings. The van der Waals surface area contributed by atoms with E-state index in [2.05, 4.69) is 5.32 Å². The van der Waals surface area contributed by atoms with E-state index in [-0.39, 0.29) is 17.0 Å². The summed E-state index contributed by atoms with van der Waals surface area (Å²) in [5.74, 6) is 1.02. The van der Waals surface area contributed by atoms with Crippen LogP contribution in [0.3, 0.4) is 0 Å². The molecule has 9 heteroatoms. The normalized spacial score (nSPS) is 14.4. The average molecular weight is 435 g/mol. The molecule has 8 nitrogen and oxygen atoms in total. The van der Waals surface area contributed by atoms with E-state index >= 15 is 0 Å². The Kier molecular flexibility index (Phi) is 6.84. The van der Waals surface area contributed by atoms with Crippen molar-refractivity contribution in [2.45, 2.75) is 24.3 Å². The Hall–Kier alpha value is -2.78. The van der Waals surface area contributed by atoms with Crippen molar-refractivity contribution >= 4 is 15.9 Å². The van der Waals surface area contributed by atoms with Gasteiger partial charge in [-0.15, -0.1) is 0 Å². The van der Waals surface area contributed by atoms with Gasteiger partial charge in [0.1, 0.15) is 5.75 Å².